The number of benzene rings is 1. The van der Waals surface area contributed by atoms with E-state index in [0.717, 1.165) is 6.54 Å². The highest BCUT2D eigenvalue weighted by atomic mass is 79.9. The number of nitrogens with one attached hydrogen (secondary N) is 1. The highest BCUT2D eigenvalue weighted by molar-refractivity contribution is 9.10. The Morgan fingerprint density at radius 2 is 2.16 bits per heavy atom. The third-order valence-corrected chi connectivity index (χ3v) is 4.95. The van der Waals surface area contributed by atoms with Crippen LogP contribution in [0.3, 0.4) is 0 Å². The Balaban J connectivity index is 2.16. The molecule has 1 heterocycles. The Morgan fingerprint density at radius 1 is 1.42 bits per heavy atom. The van der Waals surface area contributed by atoms with Crippen molar-refractivity contribution in [3.05, 3.63) is 33.8 Å². The maximum Gasteiger partial charge on any atom is 0.0386 e. The van der Waals surface area contributed by atoms with Gasteiger partial charge in [0, 0.05) is 23.1 Å². The SMILES string of the molecule is Cc1ccc(C2C(CNC(C)C)CCN2C)cc1Br. The van der Waals surface area contributed by atoms with Gasteiger partial charge in [0.1, 0.15) is 0 Å². The van der Waals surface area contributed by atoms with Crippen LogP contribution in [0.5, 0.6) is 0 Å². The molecule has 3 heteroatoms. The zero-order valence-electron chi connectivity index (χ0n) is 12.4. The Morgan fingerprint density at radius 3 is 2.79 bits per heavy atom. The molecule has 1 aromatic rings. The van der Waals surface area contributed by atoms with Crippen LogP contribution in [0.25, 0.3) is 0 Å². The van der Waals surface area contributed by atoms with Gasteiger partial charge in [-0.1, -0.05) is 41.9 Å². The maximum absolute atomic E-state index is 3.66. The fraction of sp³-hybridized carbons (Fsp3) is 0.625. The van der Waals surface area contributed by atoms with Crippen LogP contribution in [0, 0.1) is 12.8 Å². The molecule has 1 aromatic carbocycles. The second kappa shape index (κ2) is 6.38. The molecule has 2 rings (SSSR count). The zero-order chi connectivity index (χ0) is 14.0. The quantitative estimate of drug-likeness (QED) is 0.907. The summed E-state index contributed by atoms with van der Waals surface area (Å²) in [5.41, 5.74) is 2.74. The van der Waals surface area contributed by atoms with Gasteiger partial charge >= 0.3 is 0 Å². The van der Waals surface area contributed by atoms with Gasteiger partial charge in [0.2, 0.25) is 0 Å². The van der Waals surface area contributed by atoms with Crippen LogP contribution in [0.4, 0.5) is 0 Å². The summed E-state index contributed by atoms with van der Waals surface area (Å²) in [5.74, 6) is 0.710. The third kappa shape index (κ3) is 3.59. The van der Waals surface area contributed by atoms with E-state index in [0.29, 0.717) is 18.0 Å². The Kier molecular flexibility index (Phi) is 5.04. The number of likely N-dealkylation sites (tertiary alicyclic amines) is 1. The molecule has 0 radical (unpaired) electrons. The lowest BCUT2D eigenvalue weighted by atomic mass is 9.93. The second-order valence-corrected chi connectivity index (χ2v) is 6.90. The second-order valence-electron chi connectivity index (χ2n) is 6.05. The van der Waals surface area contributed by atoms with E-state index >= 15 is 0 Å². The van der Waals surface area contributed by atoms with Crippen molar-refractivity contribution >= 4 is 15.9 Å². The standard InChI is InChI=1S/C16H25BrN2/c1-11(2)18-10-14-7-8-19(4)16(14)13-6-5-12(3)15(17)9-13/h5-6,9,11,14,16,18H,7-8,10H2,1-4H3. The molecular formula is C16H25BrN2. The first-order valence-electron chi connectivity index (χ1n) is 7.18. The van der Waals surface area contributed by atoms with Crippen LogP contribution in [-0.4, -0.2) is 31.1 Å². The van der Waals surface area contributed by atoms with Crippen molar-refractivity contribution in [3.63, 3.8) is 0 Å². The molecule has 1 saturated heterocycles. The van der Waals surface area contributed by atoms with E-state index in [9.17, 15) is 0 Å². The molecule has 0 spiro atoms. The molecule has 0 saturated carbocycles. The van der Waals surface area contributed by atoms with Crippen molar-refractivity contribution in [1.29, 1.82) is 0 Å². The van der Waals surface area contributed by atoms with Crippen LogP contribution in [-0.2, 0) is 0 Å². The van der Waals surface area contributed by atoms with Crippen LogP contribution in [0.1, 0.15) is 37.4 Å². The van der Waals surface area contributed by atoms with E-state index < -0.39 is 0 Å². The first kappa shape index (κ1) is 15.0. The van der Waals surface area contributed by atoms with Gasteiger partial charge in [-0.2, -0.15) is 0 Å². The number of hydrogen-bond donors (Lipinski definition) is 1. The molecule has 0 aliphatic carbocycles. The van der Waals surface area contributed by atoms with Gasteiger partial charge in [-0.05, 0) is 50.0 Å². The van der Waals surface area contributed by atoms with Crippen molar-refractivity contribution in [2.75, 3.05) is 20.1 Å². The summed E-state index contributed by atoms with van der Waals surface area (Å²) in [5, 5.41) is 3.60. The third-order valence-electron chi connectivity index (χ3n) is 4.10. The van der Waals surface area contributed by atoms with E-state index in [4.69, 9.17) is 0 Å². The van der Waals surface area contributed by atoms with E-state index in [1.54, 1.807) is 0 Å². The van der Waals surface area contributed by atoms with E-state index in [1.165, 1.54) is 28.6 Å². The average molecular weight is 325 g/mol. The Hall–Kier alpha value is -0.380. The molecule has 2 atom stereocenters. The summed E-state index contributed by atoms with van der Waals surface area (Å²) < 4.78 is 1.22. The molecule has 106 valence electrons. The number of aryl methyl sites for hydroxylation is 1. The number of rotatable bonds is 4. The first-order valence-corrected chi connectivity index (χ1v) is 7.98. The molecular weight excluding hydrogens is 300 g/mol. The molecule has 0 aromatic heterocycles. The van der Waals surface area contributed by atoms with Gasteiger partial charge in [-0.15, -0.1) is 0 Å². The predicted molar refractivity (Wildman–Crippen MR) is 85.5 cm³/mol. The molecule has 2 unspecified atom stereocenters. The molecule has 1 aliphatic heterocycles. The van der Waals surface area contributed by atoms with Crippen molar-refractivity contribution in [1.82, 2.24) is 10.2 Å². The molecule has 1 aliphatic rings. The number of hydrogen-bond acceptors (Lipinski definition) is 2. The first-order chi connectivity index (χ1) is 8.99. The highest BCUT2D eigenvalue weighted by Crippen LogP contribution is 2.37. The van der Waals surface area contributed by atoms with E-state index in [2.05, 4.69) is 72.2 Å². The van der Waals surface area contributed by atoms with Crippen molar-refractivity contribution in [2.45, 2.75) is 39.3 Å². The van der Waals surface area contributed by atoms with Gasteiger partial charge in [-0.25, -0.2) is 0 Å². The lowest BCUT2D eigenvalue weighted by Crippen LogP contribution is -2.32. The topological polar surface area (TPSA) is 15.3 Å². The summed E-state index contributed by atoms with van der Waals surface area (Å²) >= 11 is 3.66. The average Bonchev–Trinajstić information content (AvgIpc) is 2.71. The number of halogens is 1. The predicted octanol–water partition coefficient (Wildman–Crippen LogP) is 3.75. The van der Waals surface area contributed by atoms with E-state index in [-0.39, 0.29) is 0 Å². The smallest absolute Gasteiger partial charge is 0.0386 e. The summed E-state index contributed by atoms with van der Waals surface area (Å²) in [4.78, 5) is 2.49. The minimum atomic E-state index is 0.545. The largest absolute Gasteiger partial charge is 0.314 e. The van der Waals surface area contributed by atoms with Crippen molar-refractivity contribution < 1.29 is 0 Å². The van der Waals surface area contributed by atoms with Gasteiger partial charge in [-0.3, -0.25) is 4.90 Å². The molecule has 0 bridgehead atoms. The Bertz CT molecular complexity index is 431. The zero-order valence-corrected chi connectivity index (χ0v) is 14.0. The fourth-order valence-corrected chi connectivity index (χ4v) is 3.34. The molecule has 0 amide bonds. The molecule has 2 nitrogen and oxygen atoms in total. The maximum atomic E-state index is 3.66. The fourth-order valence-electron chi connectivity index (χ4n) is 2.95. The van der Waals surface area contributed by atoms with Crippen molar-refractivity contribution in [2.24, 2.45) is 5.92 Å². The molecule has 1 N–H and O–H groups in total. The Labute approximate surface area is 125 Å². The molecule has 19 heavy (non-hydrogen) atoms. The van der Waals surface area contributed by atoms with Crippen LogP contribution < -0.4 is 5.32 Å². The summed E-state index contributed by atoms with van der Waals surface area (Å²) in [6, 6.07) is 7.91. The monoisotopic (exact) mass is 324 g/mol. The van der Waals surface area contributed by atoms with Crippen LogP contribution in [0.15, 0.2) is 22.7 Å². The molecule has 1 fully saturated rings. The van der Waals surface area contributed by atoms with E-state index in [1.807, 2.05) is 0 Å². The summed E-state index contributed by atoms with van der Waals surface area (Å²) in [6.45, 7) is 8.88. The minimum Gasteiger partial charge on any atom is -0.314 e. The van der Waals surface area contributed by atoms with Gasteiger partial charge < -0.3 is 5.32 Å². The van der Waals surface area contributed by atoms with Crippen LogP contribution >= 0.6 is 15.9 Å². The van der Waals surface area contributed by atoms with Gasteiger partial charge in [0.05, 0.1) is 0 Å². The normalized spacial score (nSPS) is 24.3. The minimum absolute atomic E-state index is 0.545. The van der Waals surface area contributed by atoms with Crippen molar-refractivity contribution in [3.8, 4) is 0 Å². The lowest BCUT2D eigenvalue weighted by Gasteiger charge is -2.27. The summed E-state index contributed by atoms with van der Waals surface area (Å²) in [7, 11) is 2.24. The van der Waals surface area contributed by atoms with Crippen LogP contribution in [0.2, 0.25) is 0 Å². The summed E-state index contributed by atoms with van der Waals surface area (Å²) in [6.07, 6.45) is 1.28. The highest BCUT2D eigenvalue weighted by Gasteiger charge is 2.32. The lowest BCUT2D eigenvalue weighted by molar-refractivity contribution is 0.269. The number of nitrogens with zero attached hydrogens (tertiary/aromatic N) is 1. The van der Waals surface area contributed by atoms with Gasteiger partial charge in [0.25, 0.3) is 0 Å². The van der Waals surface area contributed by atoms with Gasteiger partial charge in [0.15, 0.2) is 0 Å².